The fraction of sp³-hybridized carbons (Fsp3) is 1.00. The van der Waals surface area contributed by atoms with Crippen molar-refractivity contribution >= 4 is 10.0 Å². The van der Waals surface area contributed by atoms with Crippen LogP contribution >= 0.6 is 0 Å². The molecule has 0 saturated carbocycles. The van der Waals surface area contributed by atoms with Crippen LogP contribution in [0.3, 0.4) is 0 Å². The topological polar surface area (TPSA) is 66.4 Å². The van der Waals surface area contributed by atoms with Crippen LogP contribution in [0.2, 0.25) is 0 Å². The first-order valence-corrected chi connectivity index (χ1v) is 3.76. The first-order chi connectivity index (χ1) is 4.04. The molecule has 6 heteroatoms. The third-order valence-electron chi connectivity index (χ3n) is 0.765. The number of aliphatic hydroxyl groups excluding tert-OH is 1. The first-order valence-electron chi connectivity index (χ1n) is 2.22. The SMILES string of the molecule is CNS(=O)(=O)C(F)CO. The Morgan fingerprint density at radius 3 is 2.33 bits per heavy atom. The van der Waals surface area contributed by atoms with Crippen molar-refractivity contribution in [3.05, 3.63) is 0 Å². The van der Waals surface area contributed by atoms with Gasteiger partial charge in [0.1, 0.15) is 0 Å². The summed E-state index contributed by atoms with van der Waals surface area (Å²) in [4.78, 5) is 0. The van der Waals surface area contributed by atoms with Crippen LogP contribution in [-0.2, 0) is 10.0 Å². The molecule has 0 amide bonds. The Labute approximate surface area is 52.7 Å². The Kier molecular flexibility index (Phi) is 3.02. The summed E-state index contributed by atoms with van der Waals surface area (Å²) in [6.45, 7) is -1.01. The first kappa shape index (κ1) is 8.80. The molecule has 1 atom stereocenters. The number of sulfonamides is 1. The maximum absolute atomic E-state index is 12.0. The van der Waals surface area contributed by atoms with Gasteiger partial charge in [0.2, 0.25) is 15.5 Å². The second kappa shape index (κ2) is 3.09. The molecule has 0 aliphatic heterocycles. The van der Waals surface area contributed by atoms with Gasteiger partial charge in [-0.25, -0.2) is 17.5 Å². The fourth-order valence-electron chi connectivity index (χ4n) is 0.226. The van der Waals surface area contributed by atoms with Crippen molar-refractivity contribution in [2.45, 2.75) is 5.50 Å². The quantitative estimate of drug-likeness (QED) is 0.542. The molecule has 0 aliphatic carbocycles. The minimum Gasteiger partial charge on any atom is -0.392 e. The number of hydrogen-bond donors (Lipinski definition) is 2. The zero-order valence-corrected chi connectivity index (χ0v) is 5.65. The Morgan fingerprint density at radius 1 is 1.78 bits per heavy atom. The van der Waals surface area contributed by atoms with Gasteiger partial charge in [-0.15, -0.1) is 0 Å². The third-order valence-corrected chi connectivity index (χ3v) is 2.16. The predicted octanol–water partition coefficient (Wildman–Crippen LogP) is -1.18. The molecule has 2 N–H and O–H groups in total. The van der Waals surface area contributed by atoms with Crippen molar-refractivity contribution in [3.63, 3.8) is 0 Å². The largest absolute Gasteiger partial charge is 0.392 e. The van der Waals surface area contributed by atoms with Gasteiger partial charge >= 0.3 is 0 Å². The van der Waals surface area contributed by atoms with E-state index in [1.165, 1.54) is 0 Å². The van der Waals surface area contributed by atoms with E-state index in [1.54, 1.807) is 4.72 Å². The summed E-state index contributed by atoms with van der Waals surface area (Å²) < 4.78 is 34.3. The van der Waals surface area contributed by atoms with Crippen molar-refractivity contribution in [1.29, 1.82) is 0 Å². The Hall–Kier alpha value is -0.200. The fourth-order valence-corrected chi connectivity index (χ4v) is 0.678. The molecule has 0 spiro atoms. The van der Waals surface area contributed by atoms with Gasteiger partial charge in [0.05, 0.1) is 6.61 Å². The summed E-state index contributed by atoms with van der Waals surface area (Å²) in [5.41, 5.74) is -2.22. The molecule has 56 valence electrons. The number of rotatable bonds is 3. The molecular formula is C3H8FNO3S. The third kappa shape index (κ3) is 2.25. The Morgan fingerprint density at radius 2 is 2.22 bits per heavy atom. The summed E-state index contributed by atoms with van der Waals surface area (Å²) >= 11 is 0. The minimum atomic E-state index is -3.91. The Bertz CT molecular complexity index is 166. The number of aliphatic hydroxyl groups is 1. The second-order valence-electron chi connectivity index (χ2n) is 1.34. The van der Waals surface area contributed by atoms with Crippen LogP contribution in [0.1, 0.15) is 0 Å². The lowest BCUT2D eigenvalue weighted by Crippen LogP contribution is -2.30. The van der Waals surface area contributed by atoms with Crippen LogP contribution in [0.25, 0.3) is 0 Å². The highest BCUT2D eigenvalue weighted by molar-refractivity contribution is 7.89. The van der Waals surface area contributed by atoms with Crippen molar-refractivity contribution in [3.8, 4) is 0 Å². The smallest absolute Gasteiger partial charge is 0.246 e. The summed E-state index contributed by atoms with van der Waals surface area (Å²) in [6.07, 6.45) is 0. The normalized spacial score (nSPS) is 15.4. The zero-order chi connectivity index (χ0) is 7.49. The molecule has 0 saturated heterocycles. The second-order valence-corrected chi connectivity index (χ2v) is 3.35. The molecule has 1 unspecified atom stereocenters. The molecule has 0 heterocycles. The van der Waals surface area contributed by atoms with E-state index in [0.717, 1.165) is 7.05 Å². The average Bonchev–Trinajstić information content (AvgIpc) is 1.86. The standard InChI is InChI=1S/C3H8FNO3S/c1-5-9(7,8)3(4)2-6/h3,5-6H,2H2,1H3. The van der Waals surface area contributed by atoms with Crippen LogP contribution in [0.4, 0.5) is 4.39 Å². The summed E-state index contributed by atoms with van der Waals surface area (Å²) in [5, 5.41) is 8.01. The van der Waals surface area contributed by atoms with Gasteiger partial charge in [-0.05, 0) is 7.05 Å². The highest BCUT2D eigenvalue weighted by atomic mass is 32.2. The van der Waals surface area contributed by atoms with Gasteiger partial charge in [-0.1, -0.05) is 0 Å². The Balaban J connectivity index is 4.17. The maximum Gasteiger partial charge on any atom is 0.246 e. The highest BCUT2D eigenvalue weighted by Crippen LogP contribution is 1.96. The van der Waals surface area contributed by atoms with Crippen molar-refractivity contribution in [2.75, 3.05) is 13.7 Å². The van der Waals surface area contributed by atoms with Gasteiger partial charge in [0.25, 0.3) is 0 Å². The summed E-state index contributed by atoms with van der Waals surface area (Å²) in [7, 11) is -2.83. The average molecular weight is 157 g/mol. The molecule has 0 aromatic rings. The van der Waals surface area contributed by atoms with E-state index in [1.807, 2.05) is 0 Å². The molecule has 0 aromatic heterocycles. The van der Waals surface area contributed by atoms with E-state index in [0.29, 0.717) is 0 Å². The molecule has 0 fully saturated rings. The van der Waals surface area contributed by atoms with Gasteiger partial charge < -0.3 is 5.11 Å². The van der Waals surface area contributed by atoms with E-state index in [9.17, 15) is 12.8 Å². The summed E-state index contributed by atoms with van der Waals surface area (Å²) in [6, 6.07) is 0. The van der Waals surface area contributed by atoms with Crippen molar-refractivity contribution in [2.24, 2.45) is 0 Å². The molecule has 4 nitrogen and oxygen atoms in total. The van der Waals surface area contributed by atoms with Crippen LogP contribution in [0, 0.1) is 0 Å². The van der Waals surface area contributed by atoms with E-state index in [-0.39, 0.29) is 0 Å². The van der Waals surface area contributed by atoms with Gasteiger partial charge in [-0.3, -0.25) is 0 Å². The molecule has 9 heavy (non-hydrogen) atoms. The van der Waals surface area contributed by atoms with Crippen LogP contribution in [-0.4, -0.2) is 32.7 Å². The highest BCUT2D eigenvalue weighted by Gasteiger charge is 2.20. The van der Waals surface area contributed by atoms with Crippen LogP contribution < -0.4 is 4.72 Å². The molecule has 0 aromatic carbocycles. The number of halogens is 1. The van der Waals surface area contributed by atoms with Gasteiger partial charge in [0, 0.05) is 0 Å². The lowest BCUT2D eigenvalue weighted by Gasteiger charge is -2.02. The molecular weight excluding hydrogens is 149 g/mol. The molecule has 0 bridgehead atoms. The van der Waals surface area contributed by atoms with Crippen molar-refractivity contribution < 1.29 is 17.9 Å². The lowest BCUT2D eigenvalue weighted by molar-refractivity contribution is 0.225. The van der Waals surface area contributed by atoms with E-state index >= 15 is 0 Å². The van der Waals surface area contributed by atoms with Gasteiger partial charge in [-0.2, -0.15) is 0 Å². The monoisotopic (exact) mass is 157 g/mol. The van der Waals surface area contributed by atoms with E-state index in [4.69, 9.17) is 5.11 Å². The number of alkyl halides is 1. The molecule has 0 aliphatic rings. The zero-order valence-electron chi connectivity index (χ0n) is 4.83. The number of nitrogens with one attached hydrogen (secondary N) is 1. The molecule has 0 radical (unpaired) electrons. The van der Waals surface area contributed by atoms with Crippen LogP contribution in [0.5, 0.6) is 0 Å². The summed E-state index contributed by atoms with van der Waals surface area (Å²) in [5.74, 6) is 0. The van der Waals surface area contributed by atoms with Gasteiger partial charge in [0.15, 0.2) is 0 Å². The molecule has 0 rings (SSSR count). The predicted molar refractivity (Wildman–Crippen MR) is 30.0 cm³/mol. The lowest BCUT2D eigenvalue weighted by atomic mass is 10.8. The van der Waals surface area contributed by atoms with Crippen LogP contribution in [0.15, 0.2) is 0 Å². The maximum atomic E-state index is 12.0. The van der Waals surface area contributed by atoms with E-state index in [2.05, 4.69) is 0 Å². The minimum absolute atomic E-state index is 1.01. The van der Waals surface area contributed by atoms with E-state index < -0.39 is 22.1 Å². The van der Waals surface area contributed by atoms with Crippen molar-refractivity contribution in [1.82, 2.24) is 4.72 Å². The number of hydrogen-bond acceptors (Lipinski definition) is 3.